The second kappa shape index (κ2) is 4.63. The van der Waals surface area contributed by atoms with Crippen LogP contribution in [-0.2, 0) is 11.3 Å². The summed E-state index contributed by atoms with van der Waals surface area (Å²) in [5.74, 6) is -1.34. The van der Waals surface area contributed by atoms with Gasteiger partial charge >= 0.3 is 5.97 Å². The van der Waals surface area contributed by atoms with Gasteiger partial charge in [0.15, 0.2) is 5.76 Å². The zero-order chi connectivity index (χ0) is 14.4. The van der Waals surface area contributed by atoms with Crippen molar-refractivity contribution in [1.82, 2.24) is 4.57 Å². The van der Waals surface area contributed by atoms with E-state index in [1.54, 1.807) is 23.6 Å². The van der Waals surface area contributed by atoms with Gasteiger partial charge in [-0.15, -0.1) is 0 Å². The number of carboxylic acids is 1. The van der Waals surface area contributed by atoms with Crippen LogP contribution in [0.2, 0.25) is 0 Å². The molecule has 3 rings (SSSR count). The molecule has 2 aromatic heterocycles. The van der Waals surface area contributed by atoms with Gasteiger partial charge in [-0.1, -0.05) is 0 Å². The molecule has 0 spiro atoms. The third-order valence-corrected chi connectivity index (χ3v) is 4.27. The molecule has 1 aliphatic heterocycles. The summed E-state index contributed by atoms with van der Waals surface area (Å²) in [5, 5.41) is 9.19. The molecule has 2 aromatic rings. The number of aromatic nitrogens is 1. The van der Waals surface area contributed by atoms with Crippen LogP contribution in [0.1, 0.15) is 39.8 Å². The second-order valence-electron chi connectivity index (χ2n) is 4.86. The molecule has 6 heteroatoms. The topological polar surface area (TPSA) is 72.4 Å². The first kappa shape index (κ1) is 13.2. The van der Waals surface area contributed by atoms with E-state index in [2.05, 4.69) is 15.9 Å². The van der Waals surface area contributed by atoms with E-state index in [0.717, 1.165) is 5.56 Å². The normalized spacial score (nSPS) is 17.2. The fourth-order valence-corrected chi connectivity index (χ4v) is 3.29. The summed E-state index contributed by atoms with van der Waals surface area (Å²) in [6.07, 6.45) is 1.99. The fraction of sp³-hybridized carbons (Fsp3) is 0.286. The molecule has 5 nitrogen and oxygen atoms in total. The first-order valence-electron chi connectivity index (χ1n) is 6.21. The Morgan fingerprint density at radius 3 is 2.85 bits per heavy atom. The van der Waals surface area contributed by atoms with Gasteiger partial charge in [-0.3, -0.25) is 9.59 Å². The lowest BCUT2D eigenvalue weighted by molar-refractivity contribution is -0.138. The summed E-state index contributed by atoms with van der Waals surface area (Å²) < 4.78 is 7.62. The molecule has 0 amide bonds. The number of carboxylic acid groups (broad SMARTS) is 1. The first-order chi connectivity index (χ1) is 9.50. The van der Waals surface area contributed by atoms with Crippen LogP contribution >= 0.6 is 15.9 Å². The molecule has 0 radical (unpaired) electrons. The molecule has 1 N–H and O–H groups in total. The summed E-state index contributed by atoms with van der Waals surface area (Å²) in [5.41, 5.74) is 1.89. The molecule has 20 heavy (non-hydrogen) atoms. The number of furan rings is 1. The molecule has 0 bridgehead atoms. The summed E-state index contributed by atoms with van der Waals surface area (Å²) >= 11 is 3.35. The van der Waals surface area contributed by atoms with E-state index < -0.39 is 11.9 Å². The maximum atomic E-state index is 12.6. The van der Waals surface area contributed by atoms with Gasteiger partial charge < -0.3 is 14.1 Å². The van der Waals surface area contributed by atoms with Gasteiger partial charge in [0.05, 0.1) is 12.2 Å². The van der Waals surface area contributed by atoms with Gasteiger partial charge in [0.25, 0.3) is 0 Å². The van der Waals surface area contributed by atoms with E-state index in [9.17, 15) is 14.7 Å². The zero-order valence-electron chi connectivity index (χ0n) is 10.7. The van der Waals surface area contributed by atoms with E-state index in [1.807, 2.05) is 0 Å². The van der Waals surface area contributed by atoms with Crippen LogP contribution < -0.4 is 0 Å². The van der Waals surface area contributed by atoms with Crippen molar-refractivity contribution in [2.24, 2.45) is 0 Å². The van der Waals surface area contributed by atoms with E-state index in [4.69, 9.17) is 4.42 Å². The van der Waals surface area contributed by atoms with Gasteiger partial charge in [-0.2, -0.15) is 0 Å². The van der Waals surface area contributed by atoms with Crippen molar-refractivity contribution < 1.29 is 19.1 Å². The average Bonchev–Trinajstić information content (AvgIpc) is 3.02. The number of aryl methyl sites for hydroxylation is 1. The minimum atomic E-state index is -0.859. The number of carbonyl (C=O) groups excluding carboxylic acids is 1. The van der Waals surface area contributed by atoms with Crippen molar-refractivity contribution in [2.45, 2.75) is 25.8 Å². The third-order valence-electron chi connectivity index (χ3n) is 3.66. The number of ketones is 1. The van der Waals surface area contributed by atoms with Crippen molar-refractivity contribution in [3.05, 3.63) is 45.6 Å². The Morgan fingerprint density at radius 1 is 1.50 bits per heavy atom. The quantitative estimate of drug-likeness (QED) is 0.874. The molecule has 104 valence electrons. The molecule has 1 atom stereocenters. The van der Waals surface area contributed by atoms with Crippen molar-refractivity contribution >= 4 is 27.7 Å². The number of halogens is 1. The average molecular weight is 338 g/mol. The van der Waals surface area contributed by atoms with E-state index in [-0.39, 0.29) is 5.78 Å². The monoisotopic (exact) mass is 337 g/mol. The van der Waals surface area contributed by atoms with Crippen LogP contribution in [0.3, 0.4) is 0 Å². The fourth-order valence-electron chi connectivity index (χ4n) is 2.66. The lowest BCUT2D eigenvalue weighted by Crippen LogP contribution is -2.10. The molecule has 1 aliphatic rings. The van der Waals surface area contributed by atoms with Crippen LogP contribution in [0.4, 0.5) is 0 Å². The number of hydrogen-bond donors (Lipinski definition) is 1. The predicted molar refractivity (Wildman–Crippen MR) is 74.0 cm³/mol. The van der Waals surface area contributed by atoms with Crippen LogP contribution in [0.25, 0.3) is 0 Å². The highest BCUT2D eigenvalue weighted by molar-refractivity contribution is 9.10. The Kier molecular flexibility index (Phi) is 3.05. The number of carbonyl (C=O) groups is 2. The molecule has 0 fully saturated rings. The maximum absolute atomic E-state index is 12.6. The minimum Gasteiger partial charge on any atom is -0.481 e. The lowest BCUT2D eigenvalue weighted by atomic mass is 10.1. The van der Waals surface area contributed by atoms with Crippen molar-refractivity contribution in [1.29, 1.82) is 0 Å². The van der Waals surface area contributed by atoms with E-state index in [1.165, 1.54) is 6.26 Å². The molecular weight excluding hydrogens is 326 g/mol. The molecule has 1 unspecified atom stereocenters. The number of aliphatic carboxylic acids is 1. The van der Waals surface area contributed by atoms with Crippen molar-refractivity contribution in [2.75, 3.05) is 0 Å². The largest absolute Gasteiger partial charge is 0.481 e. The molecule has 3 heterocycles. The molecular formula is C14H12BrNO4. The number of fused-ring (bicyclic) bond motifs is 1. The molecule has 0 saturated carbocycles. The van der Waals surface area contributed by atoms with Gasteiger partial charge in [0.2, 0.25) is 5.78 Å². The molecule has 0 saturated heterocycles. The Bertz CT molecular complexity index is 713. The Hall–Kier alpha value is -1.82. The van der Waals surface area contributed by atoms with Gasteiger partial charge in [-0.05, 0) is 47.0 Å². The number of hydrogen-bond acceptors (Lipinski definition) is 3. The van der Waals surface area contributed by atoms with E-state index in [0.29, 0.717) is 34.6 Å². The Balaban J connectivity index is 2.09. The van der Waals surface area contributed by atoms with Crippen molar-refractivity contribution in [3.63, 3.8) is 0 Å². The highest BCUT2D eigenvalue weighted by atomic mass is 79.9. The van der Waals surface area contributed by atoms with Gasteiger partial charge in [0.1, 0.15) is 5.69 Å². The highest BCUT2D eigenvalue weighted by Gasteiger charge is 2.34. The predicted octanol–water partition coefficient (Wildman–Crippen LogP) is 2.95. The van der Waals surface area contributed by atoms with E-state index >= 15 is 0 Å². The maximum Gasteiger partial charge on any atom is 0.312 e. The first-order valence-corrected chi connectivity index (χ1v) is 7.00. The van der Waals surface area contributed by atoms with Crippen molar-refractivity contribution in [3.8, 4) is 0 Å². The lowest BCUT2D eigenvalue weighted by Gasteiger charge is -2.05. The standard InChI is InChI=1S/C14H12BrNO4/c1-7-3-5-20-13(7)12(17)11-9(15)6-10-8(14(18)19)2-4-16(10)11/h3,5-6,8H,2,4H2,1H3,(H,18,19). The number of rotatable bonds is 3. The van der Waals surface area contributed by atoms with Crippen LogP contribution in [0.15, 0.2) is 27.3 Å². The SMILES string of the molecule is Cc1ccoc1C(=O)c1c(Br)cc2n1CCC2C(=O)O. The van der Waals surface area contributed by atoms with Crippen LogP contribution in [0, 0.1) is 6.92 Å². The van der Waals surface area contributed by atoms with Gasteiger partial charge in [-0.25, -0.2) is 0 Å². The Labute approximate surface area is 123 Å². The highest BCUT2D eigenvalue weighted by Crippen LogP contribution is 2.36. The smallest absolute Gasteiger partial charge is 0.312 e. The molecule has 0 aliphatic carbocycles. The minimum absolute atomic E-state index is 0.225. The van der Waals surface area contributed by atoms with Gasteiger partial charge in [0, 0.05) is 16.7 Å². The van der Waals surface area contributed by atoms with Crippen LogP contribution in [-0.4, -0.2) is 21.4 Å². The number of nitrogens with zero attached hydrogens (tertiary/aromatic N) is 1. The third kappa shape index (κ3) is 1.83. The molecule has 0 aromatic carbocycles. The Morgan fingerprint density at radius 2 is 2.25 bits per heavy atom. The van der Waals surface area contributed by atoms with Crippen LogP contribution in [0.5, 0.6) is 0 Å². The zero-order valence-corrected chi connectivity index (χ0v) is 12.3. The second-order valence-corrected chi connectivity index (χ2v) is 5.71. The summed E-state index contributed by atoms with van der Waals surface area (Å²) in [6, 6.07) is 3.45. The summed E-state index contributed by atoms with van der Waals surface area (Å²) in [4.78, 5) is 23.8. The summed E-state index contributed by atoms with van der Waals surface area (Å²) in [7, 11) is 0. The summed E-state index contributed by atoms with van der Waals surface area (Å²) in [6.45, 7) is 2.33.